The average molecular weight is 455 g/mol. The molecule has 3 amide bonds. The predicted octanol–water partition coefficient (Wildman–Crippen LogP) is -1.09. The number of aliphatic carboxylic acids is 1. The highest BCUT2D eigenvalue weighted by molar-refractivity contribution is 7.80. The fourth-order valence-electron chi connectivity index (χ4n) is 3.34. The van der Waals surface area contributed by atoms with Crippen molar-refractivity contribution in [2.45, 2.75) is 57.3 Å². The Balaban J connectivity index is 2.05. The van der Waals surface area contributed by atoms with Gasteiger partial charge < -0.3 is 31.4 Å². The van der Waals surface area contributed by atoms with Crippen molar-refractivity contribution < 1.29 is 24.3 Å². The van der Waals surface area contributed by atoms with E-state index < -0.39 is 47.9 Å². The van der Waals surface area contributed by atoms with E-state index in [1.54, 1.807) is 13.8 Å². The summed E-state index contributed by atoms with van der Waals surface area (Å²) in [5, 5.41) is 14.6. The lowest BCUT2D eigenvalue weighted by molar-refractivity contribution is -0.144. The van der Waals surface area contributed by atoms with Crippen molar-refractivity contribution in [3.8, 4) is 0 Å². The van der Waals surface area contributed by atoms with E-state index in [9.17, 15) is 24.3 Å². The highest BCUT2D eigenvalue weighted by Gasteiger charge is 2.39. The molecule has 172 valence electrons. The third-order valence-electron chi connectivity index (χ3n) is 5.25. The minimum absolute atomic E-state index is 0.0319. The molecule has 11 nitrogen and oxygen atoms in total. The van der Waals surface area contributed by atoms with Crippen molar-refractivity contribution in [3.05, 3.63) is 18.2 Å². The highest BCUT2D eigenvalue weighted by Crippen LogP contribution is 2.19. The first-order chi connectivity index (χ1) is 14.6. The van der Waals surface area contributed by atoms with E-state index in [2.05, 4.69) is 33.2 Å². The molecule has 2 rings (SSSR count). The Labute approximate surface area is 185 Å². The first-order valence-electron chi connectivity index (χ1n) is 10.1. The first-order valence-corrected chi connectivity index (χ1v) is 10.8. The van der Waals surface area contributed by atoms with Crippen LogP contribution < -0.4 is 16.4 Å². The van der Waals surface area contributed by atoms with Crippen molar-refractivity contribution in [3.63, 3.8) is 0 Å². The van der Waals surface area contributed by atoms with Gasteiger partial charge in [0.25, 0.3) is 0 Å². The summed E-state index contributed by atoms with van der Waals surface area (Å²) in [5.41, 5.74) is 6.40. The molecule has 0 spiro atoms. The highest BCUT2D eigenvalue weighted by atomic mass is 32.1. The largest absolute Gasteiger partial charge is 0.480 e. The van der Waals surface area contributed by atoms with Crippen LogP contribution in [0.2, 0.25) is 0 Å². The molecule has 1 aromatic rings. The number of nitrogens with one attached hydrogen (secondary N) is 3. The van der Waals surface area contributed by atoms with E-state index in [0.29, 0.717) is 25.1 Å². The van der Waals surface area contributed by atoms with E-state index in [0.717, 1.165) is 0 Å². The van der Waals surface area contributed by atoms with Crippen LogP contribution in [0.5, 0.6) is 0 Å². The maximum Gasteiger partial charge on any atom is 0.326 e. The standard InChI is InChI=1S/C19H30N6O5S/c1-10(2)15(20)17(27)24-13(8-31)18(28)25-5-3-4-14(25)16(26)23-12(19(29)30)6-11-7-21-9-22-11/h7,9-10,12-15,31H,3-6,8,20H2,1-2H3,(H,21,22)(H,23,26)(H,24,27)(H,29,30). The van der Waals surface area contributed by atoms with Crippen molar-refractivity contribution >= 4 is 36.3 Å². The smallest absolute Gasteiger partial charge is 0.326 e. The van der Waals surface area contributed by atoms with Crippen LogP contribution in [-0.4, -0.2) is 80.1 Å². The summed E-state index contributed by atoms with van der Waals surface area (Å²) in [7, 11) is 0. The average Bonchev–Trinajstić information content (AvgIpc) is 3.41. The minimum Gasteiger partial charge on any atom is -0.480 e. The van der Waals surface area contributed by atoms with E-state index in [1.165, 1.54) is 17.4 Å². The third-order valence-corrected chi connectivity index (χ3v) is 5.62. The normalized spacial score (nSPS) is 19.0. The topological polar surface area (TPSA) is 171 Å². The molecule has 1 aliphatic rings. The van der Waals surface area contributed by atoms with Crippen molar-refractivity contribution in [1.29, 1.82) is 0 Å². The molecule has 0 saturated carbocycles. The lowest BCUT2D eigenvalue weighted by Gasteiger charge is -2.29. The molecule has 4 atom stereocenters. The van der Waals surface area contributed by atoms with Gasteiger partial charge in [0, 0.05) is 30.6 Å². The van der Waals surface area contributed by atoms with Crippen molar-refractivity contribution in [2.75, 3.05) is 12.3 Å². The van der Waals surface area contributed by atoms with Gasteiger partial charge in [-0.2, -0.15) is 12.6 Å². The van der Waals surface area contributed by atoms with Crippen LogP contribution in [0.25, 0.3) is 0 Å². The summed E-state index contributed by atoms with van der Waals surface area (Å²) in [6.45, 7) is 3.92. The molecule has 0 radical (unpaired) electrons. The number of carboxylic acid groups (broad SMARTS) is 1. The van der Waals surface area contributed by atoms with E-state index in [1.807, 2.05) is 0 Å². The molecule has 2 heterocycles. The molecule has 31 heavy (non-hydrogen) atoms. The number of thiol groups is 1. The quantitative estimate of drug-likeness (QED) is 0.244. The zero-order valence-electron chi connectivity index (χ0n) is 17.6. The summed E-state index contributed by atoms with van der Waals surface area (Å²) in [5.74, 6) is -2.73. The SMILES string of the molecule is CC(C)C(N)C(=O)NC(CS)C(=O)N1CCCC1C(=O)NC(Cc1cnc[nH]1)C(=O)O. The van der Waals surface area contributed by atoms with E-state index >= 15 is 0 Å². The summed E-state index contributed by atoms with van der Waals surface area (Å²) < 4.78 is 0. The number of carbonyl (C=O) groups is 4. The number of hydrogen-bond acceptors (Lipinski definition) is 7. The molecule has 12 heteroatoms. The number of aromatic amines is 1. The number of likely N-dealkylation sites (tertiary alicyclic amines) is 1. The number of carbonyl (C=O) groups excluding carboxylic acids is 3. The van der Waals surface area contributed by atoms with Gasteiger partial charge in [-0.1, -0.05) is 13.8 Å². The Kier molecular flexibility index (Phi) is 8.87. The molecule has 1 saturated heterocycles. The lowest BCUT2D eigenvalue weighted by atomic mass is 10.0. The van der Waals surface area contributed by atoms with Gasteiger partial charge in [0.2, 0.25) is 17.7 Å². The number of rotatable bonds is 10. The number of H-pyrrole nitrogens is 1. The minimum atomic E-state index is -1.19. The van der Waals surface area contributed by atoms with Gasteiger partial charge >= 0.3 is 5.97 Å². The Morgan fingerprint density at radius 1 is 1.32 bits per heavy atom. The number of nitrogens with zero attached hydrogens (tertiary/aromatic N) is 2. The van der Waals surface area contributed by atoms with Gasteiger partial charge in [-0.3, -0.25) is 14.4 Å². The van der Waals surface area contributed by atoms with Crippen molar-refractivity contribution in [1.82, 2.24) is 25.5 Å². The molecule has 6 N–H and O–H groups in total. The van der Waals surface area contributed by atoms with Gasteiger partial charge in [-0.25, -0.2) is 9.78 Å². The monoisotopic (exact) mass is 454 g/mol. The van der Waals surface area contributed by atoms with Crippen LogP contribution in [0.4, 0.5) is 0 Å². The Bertz CT molecular complexity index is 787. The predicted molar refractivity (Wildman–Crippen MR) is 115 cm³/mol. The van der Waals surface area contributed by atoms with E-state index in [4.69, 9.17) is 5.73 Å². The van der Waals surface area contributed by atoms with Crippen LogP contribution in [-0.2, 0) is 25.6 Å². The van der Waals surface area contributed by atoms with Crippen LogP contribution >= 0.6 is 12.6 Å². The second-order valence-electron chi connectivity index (χ2n) is 7.88. The van der Waals surface area contributed by atoms with E-state index in [-0.39, 0.29) is 18.1 Å². The molecule has 4 unspecified atom stereocenters. The second-order valence-corrected chi connectivity index (χ2v) is 8.25. The second kappa shape index (κ2) is 11.1. The maximum absolute atomic E-state index is 13.0. The summed E-state index contributed by atoms with van der Waals surface area (Å²) in [6.07, 6.45) is 3.91. The number of aromatic nitrogens is 2. The van der Waals surface area contributed by atoms with Gasteiger partial charge in [-0.15, -0.1) is 0 Å². The fraction of sp³-hybridized carbons (Fsp3) is 0.632. The number of imidazole rings is 1. The molecule has 1 fully saturated rings. The molecule has 0 aromatic carbocycles. The zero-order valence-corrected chi connectivity index (χ0v) is 18.5. The first kappa shape index (κ1) is 24.7. The number of amides is 3. The summed E-state index contributed by atoms with van der Waals surface area (Å²) in [6, 6.07) is -3.70. The number of carboxylic acids is 1. The van der Waals surface area contributed by atoms with Crippen LogP contribution in [0.3, 0.4) is 0 Å². The summed E-state index contributed by atoms with van der Waals surface area (Å²) in [4.78, 5) is 57.7. The molecule has 0 aliphatic carbocycles. The van der Waals surface area contributed by atoms with Crippen LogP contribution in [0, 0.1) is 5.92 Å². The van der Waals surface area contributed by atoms with Crippen LogP contribution in [0.1, 0.15) is 32.4 Å². The van der Waals surface area contributed by atoms with Gasteiger partial charge in [0.15, 0.2) is 0 Å². The van der Waals surface area contributed by atoms with Gasteiger partial charge in [0.1, 0.15) is 18.1 Å². The number of hydrogen-bond donors (Lipinski definition) is 6. The van der Waals surface area contributed by atoms with Gasteiger partial charge in [0.05, 0.1) is 12.4 Å². The zero-order chi connectivity index (χ0) is 23.1. The third kappa shape index (κ3) is 6.44. The molecule has 1 aromatic heterocycles. The Morgan fingerprint density at radius 3 is 2.58 bits per heavy atom. The van der Waals surface area contributed by atoms with Crippen LogP contribution in [0.15, 0.2) is 12.5 Å². The lowest BCUT2D eigenvalue weighted by Crippen LogP contribution is -2.58. The Hall–Kier alpha value is -2.60. The number of nitrogens with two attached hydrogens (primary N) is 1. The molecular weight excluding hydrogens is 424 g/mol. The van der Waals surface area contributed by atoms with Gasteiger partial charge in [-0.05, 0) is 18.8 Å². The molecule has 0 bridgehead atoms. The Morgan fingerprint density at radius 2 is 2.03 bits per heavy atom. The van der Waals surface area contributed by atoms with Crippen molar-refractivity contribution in [2.24, 2.45) is 11.7 Å². The molecule has 1 aliphatic heterocycles. The maximum atomic E-state index is 13.0. The fourth-order valence-corrected chi connectivity index (χ4v) is 3.59. The summed E-state index contributed by atoms with van der Waals surface area (Å²) >= 11 is 4.16. The molecular formula is C19H30N6O5S.